The van der Waals surface area contributed by atoms with Gasteiger partial charge in [-0.2, -0.15) is 11.8 Å². The second-order valence-corrected chi connectivity index (χ2v) is 5.79. The molecule has 3 N–H and O–H groups in total. The van der Waals surface area contributed by atoms with Crippen LogP contribution in [-0.4, -0.2) is 36.9 Å². The van der Waals surface area contributed by atoms with Gasteiger partial charge in [0.15, 0.2) is 5.78 Å². The molecule has 0 aromatic heterocycles. The highest BCUT2D eigenvalue weighted by atomic mass is 32.2. The second-order valence-electron chi connectivity index (χ2n) is 4.81. The van der Waals surface area contributed by atoms with Crippen molar-refractivity contribution >= 4 is 17.5 Å². The largest absolute Gasteiger partial charge is 0.324 e. The van der Waals surface area contributed by atoms with Gasteiger partial charge in [0, 0.05) is 11.6 Å². The lowest BCUT2D eigenvalue weighted by Gasteiger charge is -2.20. The number of rotatable bonds is 9. The summed E-state index contributed by atoms with van der Waals surface area (Å²) in [6.45, 7) is 3.89. The third kappa shape index (κ3) is 5.12. The third-order valence-corrected chi connectivity index (χ3v) is 3.99. The minimum Gasteiger partial charge on any atom is -0.324 e. The van der Waals surface area contributed by atoms with Crippen LogP contribution in [0, 0.1) is 0 Å². The molecule has 2 atom stereocenters. The first-order valence-electron chi connectivity index (χ1n) is 6.78. The lowest BCUT2D eigenvalue weighted by atomic mass is 9.94. The fourth-order valence-corrected chi connectivity index (χ4v) is 2.49. The van der Waals surface area contributed by atoms with Crippen LogP contribution in [0.5, 0.6) is 0 Å². The Kier molecular flexibility index (Phi) is 7.59. The quantitative estimate of drug-likeness (QED) is 0.684. The van der Waals surface area contributed by atoms with Crippen molar-refractivity contribution in [3.05, 3.63) is 48.0 Å². The van der Waals surface area contributed by atoms with Crippen molar-refractivity contribution in [3.63, 3.8) is 0 Å². The number of carbonyl (C=O) groups excluding carboxylic acids is 1. The van der Waals surface area contributed by atoms with Gasteiger partial charge in [-0.15, -0.1) is 0 Å². The van der Waals surface area contributed by atoms with E-state index in [0.29, 0.717) is 12.0 Å². The first-order chi connectivity index (χ1) is 9.60. The Hall–Kier alpha value is -1.10. The zero-order chi connectivity index (χ0) is 15.0. The first-order valence-corrected chi connectivity index (χ1v) is 8.18. The van der Waals surface area contributed by atoms with Gasteiger partial charge in [0.2, 0.25) is 0 Å². The van der Waals surface area contributed by atoms with E-state index in [4.69, 9.17) is 5.73 Å². The van der Waals surface area contributed by atoms with Gasteiger partial charge in [-0.05, 0) is 37.5 Å². The number of hydrogen-bond donors (Lipinski definition) is 2. The number of ketones is 1. The van der Waals surface area contributed by atoms with Crippen LogP contribution in [0.25, 0.3) is 0 Å². The second kappa shape index (κ2) is 8.95. The van der Waals surface area contributed by atoms with Gasteiger partial charge in [0.25, 0.3) is 0 Å². The molecule has 0 fully saturated rings. The molecule has 1 rings (SSSR count). The molecule has 20 heavy (non-hydrogen) atoms. The van der Waals surface area contributed by atoms with E-state index in [2.05, 4.69) is 11.9 Å². The topological polar surface area (TPSA) is 55.1 Å². The molecule has 0 aliphatic heterocycles. The molecule has 0 unspecified atom stereocenters. The maximum atomic E-state index is 12.4. The van der Waals surface area contributed by atoms with Crippen LogP contribution in [0.3, 0.4) is 0 Å². The molecule has 0 amide bonds. The summed E-state index contributed by atoms with van der Waals surface area (Å²) in [4.78, 5) is 12.4. The van der Waals surface area contributed by atoms with E-state index in [1.165, 1.54) is 0 Å². The van der Waals surface area contributed by atoms with Gasteiger partial charge in [-0.3, -0.25) is 4.79 Å². The van der Waals surface area contributed by atoms with Crippen molar-refractivity contribution < 1.29 is 4.79 Å². The number of nitrogens with one attached hydrogen (secondary N) is 1. The van der Waals surface area contributed by atoms with Crippen LogP contribution >= 0.6 is 11.8 Å². The van der Waals surface area contributed by atoms with E-state index in [1.807, 2.05) is 36.6 Å². The van der Waals surface area contributed by atoms with Crippen molar-refractivity contribution in [2.75, 3.05) is 19.1 Å². The number of carbonyl (C=O) groups is 1. The van der Waals surface area contributed by atoms with E-state index in [0.717, 1.165) is 17.7 Å². The van der Waals surface area contributed by atoms with Crippen molar-refractivity contribution in [1.29, 1.82) is 0 Å². The van der Waals surface area contributed by atoms with Gasteiger partial charge >= 0.3 is 0 Å². The summed E-state index contributed by atoms with van der Waals surface area (Å²) in [6, 6.07) is 9.46. The predicted octanol–water partition coefficient (Wildman–Crippen LogP) is 2.02. The summed E-state index contributed by atoms with van der Waals surface area (Å²) in [5, 5.41) is 3.07. The number of likely N-dealkylation sites (N-methyl/N-ethyl adjacent to an activating group) is 1. The fraction of sp³-hybridized carbons (Fsp3) is 0.438. The number of benzene rings is 1. The Labute approximate surface area is 126 Å². The first kappa shape index (κ1) is 17.0. The SMILES string of the molecule is C=C(C(=O)[C@H](Cc1ccccc1)NC)[C@@H](N)CCSC. The van der Waals surface area contributed by atoms with Crippen molar-refractivity contribution in [2.24, 2.45) is 5.73 Å². The molecule has 0 spiro atoms. The molecule has 0 radical (unpaired) electrons. The molecule has 0 aliphatic rings. The van der Waals surface area contributed by atoms with E-state index in [1.54, 1.807) is 18.8 Å². The van der Waals surface area contributed by atoms with E-state index in [9.17, 15) is 4.79 Å². The monoisotopic (exact) mass is 292 g/mol. The van der Waals surface area contributed by atoms with Crippen molar-refractivity contribution in [3.8, 4) is 0 Å². The van der Waals surface area contributed by atoms with Crippen LogP contribution in [0.15, 0.2) is 42.5 Å². The van der Waals surface area contributed by atoms with Crippen molar-refractivity contribution in [1.82, 2.24) is 5.32 Å². The molecule has 110 valence electrons. The molecule has 0 bridgehead atoms. The molecule has 3 nitrogen and oxygen atoms in total. The highest BCUT2D eigenvalue weighted by Crippen LogP contribution is 2.12. The number of nitrogens with two attached hydrogens (primary N) is 1. The van der Waals surface area contributed by atoms with E-state index < -0.39 is 0 Å². The molecular weight excluding hydrogens is 268 g/mol. The van der Waals surface area contributed by atoms with Gasteiger partial charge in [-0.25, -0.2) is 0 Å². The summed E-state index contributed by atoms with van der Waals surface area (Å²) in [5.41, 5.74) is 7.68. The Morgan fingerprint density at radius 2 is 2.05 bits per heavy atom. The smallest absolute Gasteiger partial charge is 0.177 e. The zero-order valence-electron chi connectivity index (χ0n) is 12.3. The maximum absolute atomic E-state index is 12.4. The standard InChI is InChI=1S/C16H24N2OS/c1-12(14(17)9-10-20-3)16(19)15(18-2)11-13-7-5-4-6-8-13/h4-8,14-15,18H,1,9-11,17H2,2-3H3/t14-,15-/m0/s1. The lowest BCUT2D eigenvalue weighted by Crippen LogP contribution is -2.41. The number of Topliss-reactive ketones (excluding diaryl/α,β-unsaturated/α-hetero) is 1. The Morgan fingerprint density at radius 3 is 2.60 bits per heavy atom. The molecule has 1 aromatic carbocycles. The Balaban J connectivity index is 2.64. The Bertz CT molecular complexity index is 433. The normalized spacial score (nSPS) is 13.8. The van der Waals surface area contributed by atoms with Crippen LogP contribution in [-0.2, 0) is 11.2 Å². The molecule has 0 heterocycles. The van der Waals surface area contributed by atoms with Crippen LogP contribution < -0.4 is 11.1 Å². The molecular formula is C16H24N2OS. The summed E-state index contributed by atoms with van der Waals surface area (Å²) in [5.74, 6) is 0.959. The molecule has 0 aliphatic carbocycles. The highest BCUT2D eigenvalue weighted by molar-refractivity contribution is 7.98. The lowest BCUT2D eigenvalue weighted by molar-refractivity contribution is -0.117. The Morgan fingerprint density at radius 1 is 1.40 bits per heavy atom. The van der Waals surface area contributed by atoms with Crippen LogP contribution in [0.2, 0.25) is 0 Å². The van der Waals surface area contributed by atoms with Crippen LogP contribution in [0.4, 0.5) is 0 Å². The maximum Gasteiger partial charge on any atom is 0.177 e. The van der Waals surface area contributed by atoms with Gasteiger partial charge in [0.05, 0.1) is 6.04 Å². The minimum atomic E-state index is -0.259. The van der Waals surface area contributed by atoms with Gasteiger partial charge in [0.1, 0.15) is 0 Å². The van der Waals surface area contributed by atoms with Crippen molar-refractivity contribution in [2.45, 2.75) is 24.9 Å². The summed E-state index contributed by atoms with van der Waals surface area (Å²) in [6.07, 6.45) is 3.47. The average molecular weight is 292 g/mol. The minimum absolute atomic E-state index is 0.0185. The molecule has 0 saturated heterocycles. The van der Waals surface area contributed by atoms with E-state index >= 15 is 0 Å². The zero-order valence-corrected chi connectivity index (χ0v) is 13.1. The number of thioether (sulfide) groups is 1. The highest BCUT2D eigenvalue weighted by Gasteiger charge is 2.23. The summed E-state index contributed by atoms with van der Waals surface area (Å²) >= 11 is 1.73. The molecule has 1 aromatic rings. The molecule has 0 saturated carbocycles. The predicted molar refractivity (Wildman–Crippen MR) is 88.1 cm³/mol. The number of hydrogen-bond acceptors (Lipinski definition) is 4. The fourth-order valence-electron chi connectivity index (χ4n) is 2.00. The third-order valence-electron chi connectivity index (χ3n) is 3.34. The molecule has 4 heteroatoms. The van der Waals surface area contributed by atoms with E-state index in [-0.39, 0.29) is 17.9 Å². The summed E-state index contributed by atoms with van der Waals surface area (Å²) in [7, 11) is 1.80. The van der Waals surface area contributed by atoms with Gasteiger partial charge < -0.3 is 11.1 Å². The van der Waals surface area contributed by atoms with Gasteiger partial charge in [-0.1, -0.05) is 36.9 Å². The average Bonchev–Trinajstić information content (AvgIpc) is 2.49. The van der Waals surface area contributed by atoms with Crippen LogP contribution in [0.1, 0.15) is 12.0 Å². The summed E-state index contributed by atoms with van der Waals surface area (Å²) < 4.78 is 0.